The predicted molar refractivity (Wildman–Crippen MR) is 90.3 cm³/mol. The van der Waals surface area contributed by atoms with Crippen LogP contribution < -0.4 is 11.1 Å². The van der Waals surface area contributed by atoms with E-state index in [1.54, 1.807) is 23.4 Å². The van der Waals surface area contributed by atoms with Crippen molar-refractivity contribution in [3.63, 3.8) is 0 Å². The van der Waals surface area contributed by atoms with Crippen LogP contribution in [0.3, 0.4) is 0 Å². The molecule has 0 bridgehead atoms. The van der Waals surface area contributed by atoms with Crippen molar-refractivity contribution in [2.24, 2.45) is 0 Å². The Morgan fingerprint density at radius 2 is 2.15 bits per heavy atom. The Hall–Kier alpha value is -2.94. The molecule has 2 aliphatic heterocycles. The lowest BCUT2D eigenvalue weighted by atomic mass is 9.89. The number of likely N-dealkylation sites (tertiary alicyclic amines) is 1. The van der Waals surface area contributed by atoms with Crippen LogP contribution in [0.2, 0.25) is 0 Å². The molecule has 2 saturated heterocycles. The Morgan fingerprint density at radius 3 is 2.85 bits per heavy atom. The molecule has 2 amide bonds. The lowest BCUT2D eigenvalue weighted by Gasteiger charge is -2.46. The van der Waals surface area contributed by atoms with Gasteiger partial charge in [0.15, 0.2) is 0 Å². The fraction of sp³-hybridized carbons (Fsp3) is 0.412. The Balaban J connectivity index is 1.32. The second-order valence-corrected chi connectivity index (χ2v) is 6.84. The standard InChI is InChI=1S/C17H19N5O4/c1-10-2-11(5-19-4-10)14(23)21-12-3-17(25-7-12)8-22(9-17)15(24)13-6-20-16(18)26-13/h2,4-6,12H,3,7-9H2,1H3,(H2,18,20)(H,21,23). The molecule has 0 saturated carbocycles. The van der Waals surface area contributed by atoms with Crippen LogP contribution in [-0.2, 0) is 4.74 Å². The molecule has 2 fully saturated rings. The van der Waals surface area contributed by atoms with Gasteiger partial charge in [0.2, 0.25) is 5.76 Å². The summed E-state index contributed by atoms with van der Waals surface area (Å²) < 4.78 is 10.9. The zero-order valence-electron chi connectivity index (χ0n) is 14.3. The number of oxazole rings is 1. The first-order valence-corrected chi connectivity index (χ1v) is 8.31. The maximum absolute atomic E-state index is 12.3. The maximum atomic E-state index is 12.3. The molecular weight excluding hydrogens is 338 g/mol. The van der Waals surface area contributed by atoms with Crippen LogP contribution in [0.15, 0.2) is 29.1 Å². The quantitative estimate of drug-likeness (QED) is 0.813. The smallest absolute Gasteiger partial charge is 0.292 e. The topological polar surface area (TPSA) is 124 Å². The van der Waals surface area contributed by atoms with Crippen molar-refractivity contribution < 1.29 is 18.7 Å². The highest BCUT2D eigenvalue weighted by molar-refractivity contribution is 5.94. The molecule has 1 spiro atoms. The van der Waals surface area contributed by atoms with E-state index >= 15 is 0 Å². The van der Waals surface area contributed by atoms with E-state index in [4.69, 9.17) is 14.9 Å². The second-order valence-electron chi connectivity index (χ2n) is 6.84. The zero-order chi connectivity index (χ0) is 18.3. The number of nitrogen functional groups attached to an aromatic ring is 1. The van der Waals surface area contributed by atoms with E-state index in [0.717, 1.165) is 5.56 Å². The van der Waals surface area contributed by atoms with Crippen LogP contribution >= 0.6 is 0 Å². The van der Waals surface area contributed by atoms with Crippen molar-refractivity contribution in [3.05, 3.63) is 41.5 Å². The molecular formula is C17H19N5O4. The van der Waals surface area contributed by atoms with E-state index in [1.807, 2.05) is 6.92 Å². The number of hydrogen-bond donors (Lipinski definition) is 2. The van der Waals surface area contributed by atoms with Crippen LogP contribution in [0.4, 0.5) is 6.01 Å². The minimum atomic E-state index is -0.413. The highest BCUT2D eigenvalue weighted by Crippen LogP contribution is 2.36. The molecule has 2 aromatic rings. The number of pyridine rings is 1. The van der Waals surface area contributed by atoms with Crippen molar-refractivity contribution in [2.45, 2.75) is 25.0 Å². The van der Waals surface area contributed by atoms with E-state index in [9.17, 15) is 9.59 Å². The van der Waals surface area contributed by atoms with Crippen LogP contribution in [0.1, 0.15) is 32.9 Å². The first kappa shape index (κ1) is 16.5. The normalized spacial score (nSPS) is 20.8. The number of nitrogens with one attached hydrogen (secondary N) is 1. The highest BCUT2D eigenvalue weighted by Gasteiger charge is 2.52. The summed E-state index contributed by atoms with van der Waals surface area (Å²) in [4.78, 5) is 34.0. The number of hydrogen-bond acceptors (Lipinski definition) is 7. The van der Waals surface area contributed by atoms with E-state index in [2.05, 4.69) is 15.3 Å². The number of aromatic nitrogens is 2. The first-order valence-electron chi connectivity index (χ1n) is 8.31. The van der Waals surface area contributed by atoms with Crippen molar-refractivity contribution in [2.75, 3.05) is 25.4 Å². The minimum Gasteiger partial charge on any atom is -0.418 e. The summed E-state index contributed by atoms with van der Waals surface area (Å²) in [7, 11) is 0. The number of nitrogens with zero attached hydrogens (tertiary/aromatic N) is 3. The molecule has 26 heavy (non-hydrogen) atoms. The molecule has 4 rings (SSSR count). The number of ether oxygens (including phenoxy) is 1. The van der Waals surface area contributed by atoms with Crippen molar-refractivity contribution in [3.8, 4) is 0 Å². The number of amides is 2. The number of aryl methyl sites for hydroxylation is 1. The fourth-order valence-corrected chi connectivity index (χ4v) is 3.44. The fourth-order valence-electron chi connectivity index (χ4n) is 3.44. The molecule has 9 heteroatoms. The summed E-state index contributed by atoms with van der Waals surface area (Å²) in [5.41, 5.74) is 6.44. The van der Waals surface area contributed by atoms with Crippen molar-refractivity contribution >= 4 is 17.8 Å². The van der Waals surface area contributed by atoms with Crippen LogP contribution in [-0.4, -0.2) is 58.0 Å². The third-order valence-electron chi connectivity index (χ3n) is 4.66. The summed E-state index contributed by atoms with van der Waals surface area (Å²) >= 11 is 0. The summed E-state index contributed by atoms with van der Waals surface area (Å²) in [6, 6.07) is 1.66. The Labute approximate surface area is 149 Å². The average Bonchev–Trinajstić information content (AvgIpc) is 3.19. The van der Waals surface area contributed by atoms with Gasteiger partial charge in [0, 0.05) is 18.8 Å². The van der Waals surface area contributed by atoms with Gasteiger partial charge in [-0.15, -0.1) is 0 Å². The predicted octanol–water partition coefficient (Wildman–Crippen LogP) is 0.374. The number of carbonyl (C=O) groups excluding carboxylic acids is 2. The Morgan fingerprint density at radius 1 is 1.35 bits per heavy atom. The molecule has 0 aliphatic carbocycles. The van der Waals surface area contributed by atoms with Crippen LogP contribution in [0.25, 0.3) is 0 Å². The molecule has 1 unspecified atom stereocenters. The van der Waals surface area contributed by atoms with E-state index < -0.39 is 5.60 Å². The number of rotatable bonds is 3. The molecule has 4 heterocycles. The lowest BCUT2D eigenvalue weighted by molar-refractivity contribution is -0.0956. The largest absolute Gasteiger partial charge is 0.418 e. The molecule has 0 radical (unpaired) electrons. The van der Waals surface area contributed by atoms with Crippen molar-refractivity contribution in [1.29, 1.82) is 0 Å². The third-order valence-corrected chi connectivity index (χ3v) is 4.66. The van der Waals surface area contributed by atoms with Crippen LogP contribution in [0, 0.1) is 6.92 Å². The molecule has 2 aromatic heterocycles. The number of anilines is 1. The first-order chi connectivity index (χ1) is 12.4. The Bertz CT molecular complexity index is 858. The molecule has 9 nitrogen and oxygen atoms in total. The summed E-state index contributed by atoms with van der Waals surface area (Å²) in [5.74, 6) is -0.315. The summed E-state index contributed by atoms with van der Waals surface area (Å²) in [6.45, 7) is 3.21. The zero-order valence-corrected chi connectivity index (χ0v) is 14.3. The van der Waals surface area contributed by atoms with Crippen molar-refractivity contribution in [1.82, 2.24) is 20.2 Å². The summed E-state index contributed by atoms with van der Waals surface area (Å²) in [5, 5.41) is 2.97. The van der Waals surface area contributed by atoms with Gasteiger partial charge >= 0.3 is 0 Å². The average molecular weight is 357 g/mol. The lowest BCUT2D eigenvalue weighted by Crippen LogP contribution is -2.63. The van der Waals surface area contributed by atoms with Gasteiger partial charge < -0.3 is 25.1 Å². The van der Waals surface area contributed by atoms with Gasteiger partial charge in [0.1, 0.15) is 5.60 Å². The van der Waals surface area contributed by atoms with Gasteiger partial charge in [-0.25, -0.2) is 4.98 Å². The van der Waals surface area contributed by atoms with E-state index in [-0.39, 0.29) is 29.6 Å². The van der Waals surface area contributed by atoms with E-state index in [0.29, 0.717) is 31.7 Å². The van der Waals surface area contributed by atoms with Gasteiger partial charge in [-0.2, -0.15) is 0 Å². The van der Waals surface area contributed by atoms with Gasteiger partial charge in [0.05, 0.1) is 37.5 Å². The van der Waals surface area contributed by atoms with Gasteiger partial charge in [-0.05, 0) is 18.6 Å². The van der Waals surface area contributed by atoms with Gasteiger partial charge in [-0.3, -0.25) is 14.6 Å². The highest BCUT2D eigenvalue weighted by atomic mass is 16.5. The van der Waals surface area contributed by atoms with Gasteiger partial charge in [-0.1, -0.05) is 0 Å². The third kappa shape index (κ3) is 3.01. The number of carbonyl (C=O) groups is 2. The SMILES string of the molecule is Cc1cncc(C(=O)NC2COC3(C2)CN(C(=O)c2cnc(N)o2)C3)c1. The molecule has 0 aromatic carbocycles. The summed E-state index contributed by atoms with van der Waals surface area (Å²) in [6.07, 6.45) is 5.21. The minimum absolute atomic E-state index is 0.0332. The monoisotopic (exact) mass is 357 g/mol. The van der Waals surface area contributed by atoms with E-state index in [1.165, 1.54) is 6.20 Å². The molecule has 1 atom stereocenters. The maximum Gasteiger partial charge on any atom is 0.292 e. The van der Waals surface area contributed by atoms with Crippen LogP contribution in [0.5, 0.6) is 0 Å². The molecule has 2 aliphatic rings. The Kier molecular flexibility index (Phi) is 3.87. The molecule has 3 N–H and O–H groups in total. The van der Waals surface area contributed by atoms with Gasteiger partial charge in [0.25, 0.3) is 17.8 Å². The molecule has 136 valence electrons. The number of nitrogens with two attached hydrogens (primary N) is 1. The second kappa shape index (κ2) is 6.10.